The Hall–Kier alpha value is -1.12. The number of carboxylic acid groups (broad SMARTS) is 1. The third kappa shape index (κ3) is 2.55. The van der Waals surface area contributed by atoms with Gasteiger partial charge < -0.3 is 9.84 Å². The van der Waals surface area contributed by atoms with Crippen molar-refractivity contribution in [3.63, 3.8) is 0 Å². The van der Waals surface area contributed by atoms with E-state index in [0.29, 0.717) is 6.42 Å². The smallest absolute Gasteiger partial charge is 0.340 e. The van der Waals surface area contributed by atoms with Crippen molar-refractivity contribution in [1.82, 2.24) is 9.78 Å². The van der Waals surface area contributed by atoms with E-state index in [1.54, 1.807) is 6.92 Å². The zero-order valence-corrected chi connectivity index (χ0v) is 12.7. The SMILES string of the molecule is COCc1nn(C2(C)CCS(=O)(=O)C2)c(Cl)c1C(=O)O. The fourth-order valence-corrected chi connectivity index (χ4v) is 4.95. The number of rotatable bonds is 4. The molecule has 0 bridgehead atoms. The summed E-state index contributed by atoms with van der Waals surface area (Å²) in [6, 6.07) is 0. The standard InChI is InChI=1S/C11H15ClN2O5S/c1-11(3-4-20(17,18)6-11)14-9(12)8(10(15)16)7(13-14)5-19-2/h3-6H2,1-2H3,(H,15,16). The van der Waals surface area contributed by atoms with Crippen molar-refractivity contribution in [2.45, 2.75) is 25.5 Å². The van der Waals surface area contributed by atoms with Crippen LogP contribution in [0.25, 0.3) is 0 Å². The third-order valence-electron chi connectivity index (χ3n) is 3.39. The molecule has 1 N–H and O–H groups in total. The molecule has 0 aromatic carbocycles. The third-order valence-corrected chi connectivity index (χ3v) is 5.63. The van der Waals surface area contributed by atoms with Gasteiger partial charge in [0.05, 0.1) is 23.7 Å². The lowest BCUT2D eigenvalue weighted by molar-refractivity contribution is 0.0692. The molecule has 112 valence electrons. The molecule has 0 spiro atoms. The minimum absolute atomic E-state index is 0.00279. The Bertz CT molecular complexity index is 654. The molecule has 1 atom stereocenters. The maximum absolute atomic E-state index is 11.7. The number of nitrogens with zero attached hydrogens (tertiary/aromatic N) is 2. The largest absolute Gasteiger partial charge is 0.478 e. The first-order chi connectivity index (χ1) is 9.20. The molecular weight excluding hydrogens is 308 g/mol. The lowest BCUT2D eigenvalue weighted by Crippen LogP contribution is -2.32. The Morgan fingerprint density at radius 1 is 1.60 bits per heavy atom. The Balaban J connectivity index is 2.53. The zero-order chi connectivity index (χ0) is 15.1. The Kier molecular flexibility index (Phi) is 3.83. The lowest BCUT2D eigenvalue weighted by atomic mass is 10.0. The number of hydrogen-bond acceptors (Lipinski definition) is 5. The number of methoxy groups -OCH3 is 1. The zero-order valence-electron chi connectivity index (χ0n) is 11.1. The van der Waals surface area contributed by atoms with Crippen LogP contribution in [-0.2, 0) is 26.7 Å². The average Bonchev–Trinajstić information content (AvgIpc) is 2.78. The molecule has 0 saturated carbocycles. The Labute approximate surface area is 121 Å². The molecule has 7 nitrogen and oxygen atoms in total. The predicted octanol–water partition coefficient (Wildman–Crippen LogP) is 0.915. The first-order valence-corrected chi connectivity index (χ1v) is 8.11. The molecule has 0 amide bonds. The molecule has 1 unspecified atom stereocenters. The van der Waals surface area contributed by atoms with Crippen molar-refractivity contribution in [3.05, 3.63) is 16.4 Å². The number of carbonyl (C=O) groups is 1. The first-order valence-electron chi connectivity index (χ1n) is 5.91. The highest BCUT2D eigenvalue weighted by Crippen LogP contribution is 2.35. The van der Waals surface area contributed by atoms with Gasteiger partial charge in [0.1, 0.15) is 16.4 Å². The number of carboxylic acids is 1. The van der Waals surface area contributed by atoms with Crippen LogP contribution in [0.3, 0.4) is 0 Å². The fourth-order valence-electron chi connectivity index (χ4n) is 2.41. The van der Waals surface area contributed by atoms with Gasteiger partial charge in [-0.25, -0.2) is 17.9 Å². The Morgan fingerprint density at radius 2 is 2.25 bits per heavy atom. The van der Waals surface area contributed by atoms with Gasteiger partial charge in [0.2, 0.25) is 0 Å². The van der Waals surface area contributed by atoms with E-state index in [9.17, 15) is 18.3 Å². The van der Waals surface area contributed by atoms with Crippen molar-refractivity contribution in [1.29, 1.82) is 0 Å². The van der Waals surface area contributed by atoms with Gasteiger partial charge in [-0.15, -0.1) is 0 Å². The van der Waals surface area contributed by atoms with Crippen LogP contribution in [0.4, 0.5) is 0 Å². The Morgan fingerprint density at radius 3 is 2.70 bits per heavy atom. The summed E-state index contributed by atoms with van der Waals surface area (Å²) in [7, 11) is -1.74. The number of aromatic nitrogens is 2. The fraction of sp³-hybridized carbons (Fsp3) is 0.636. The number of ether oxygens (including phenoxy) is 1. The van der Waals surface area contributed by atoms with E-state index in [2.05, 4.69) is 5.10 Å². The summed E-state index contributed by atoms with van der Waals surface area (Å²) >= 11 is 6.09. The van der Waals surface area contributed by atoms with Crippen LogP contribution in [0, 0.1) is 0 Å². The second kappa shape index (κ2) is 5.01. The van der Waals surface area contributed by atoms with Crippen LogP contribution >= 0.6 is 11.6 Å². The topological polar surface area (TPSA) is 98.5 Å². The molecular formula is C11H15ClN2O5S. The number of hydrogen-bond donors (Lipinski definition) is 1. The van der Waals surface area contributed by atoms with Crippen molar-refractivity contribution in [3.8, 4) is 0 Å². The van der Waals surface area contributed by atoms with E-state index >= 15 is 0 Å². The van der Waals surface area contributed by atoms with E-state index in [-0.39, 0.29) is 34.5 Å². The lowest BCUT2D eigenvalue weighted by Gasteiger charge is -2.23. The second-order valence-electron chi connectivity index (χ2n) is 5.10. The highest BCUT2D eigenvalue weighted by molar-refractivity contribution is 7.91. The monoisotopic (exact) mass is 322 g/mol. The molecule has 2 heterocycles. The first kappa shape index (κ1) is 15.3. The van der Waals surface area contributed by atoms with Crippen LogP contribution in [-0.4, -0.2) is 47.9 Å². The molecule has 0 aliphatic carbocycles. The second-order valence-corrected chi connectivity index (χ2v) is 7.64. The molecule has 1 aliphatic heterocycles. The molecule has 2 rings (SSSR count). The van der Waals surface area contributed by atoms with Gasteiger partial charge in [-0.05, 0) is 13.3 Å². The summed E-state index contributed by atoms with van der Waals surface area (Å²) in [5.41, 5.74) is -0.777. The van der Waals surface area contributed by atoms with Crippen LogP contribution in [0.2, 0.25) is 5.15 Å². The summed E-state index contributed by atoms with van der Waals surface area (Å²) in [5.74, 6) is -1.27. The molecule has 1 fully saturated rings. The van der Waals surface area contributed by atoms with Gasteiger partial charge in [0.15, 0.2) is 9.84 Å². The van der Waals surface area contributed by atoms with Gasteiger partial charge >= 0.3 is 5.97 Å². The predicted molar refractivity (Wildman–Crippen MR) is 71.8 cm³/mol. The maximum Gasteiger partial charge on any atom is 0.340 e. The van der Waals surface area contributed by atoms with E-state index < -0.39 is 21.3 Å². The van der Waals surface area contributed by atoms with Crippen LogP contribution < -0.4 is 0 Å². The quantitative estimate of drug-likeness (QED) is 0.885. The van der Waals surface area contributed by atoms with E-state index in [4.69, 9.17) is 16.3 Å². The highest BCUT2D eigenvalue weighted by atomic mass is 35.5. The van der Waals surface area contributed by atoms with Gasteiger partial charge in [-0.1, -0.05) is 11.6 Å². The molecule has 9 heteroatoms. The van der Waals surface area contributed by atoms with Crippen molar-refractivity contribution in [2.75, 3.05) is 18.6 Å². The van der Waals surface area contributed by atoms with Crippen molar-refractivity contribution in [2.24, 2.45) is 0 Å². The van der Waals surface area contributed by atoms with Gasteiger partial charge in [0, 0.05) is 7.11 Å². The summed E-state index contributed by atoms with van der Waals surface area (Å²) in [6.07, 6.45) is 0.349. The van der Waals surface area contributed by atoms with E-state index in [1.807, 2.05) is 0 Å². The van der Waals surface area contributed by atoms with E-state index in [0.717, 1.165) is 0 Å². The average molecular weight is 323 g/mol. The number of halogens is 1. The minimum atomic E-state index is -3.15. The summed E-state index contributed by atoms with van der Waals surface area (Å²) < 4.78 is 29.5. The summed E-state index contributed by atoms with van der Waals surface area (Å²) in [4.78, 5) is 11.3. The maximum atomic E-state index is 11.7. The van der Waals surface area contributed by atoms with Gasteiger partial charge in [0.25, 0.3) is 0 Å². The van der Waals surface area contributed by atoms with Gasteiger partial charge in [-0.3, -0.25) is 0 Å². The number of sulfone groups is 1. The van der Waals surface area contributed by atoms with Crippen LogP contribution in [0.1, 0.15) is 29.4 Å². The normalized spacial score (nSPS) is 24.9. The van der Waals surface area contributed by atoms with Crippen molar-refractivity contribution >= 4 is 27.4 Å². The molecule has 1 saturated heterocycles. The summed E-state index contributed by atoms with van der Waals surface area (Å²) in [5, 5.41) is 13.3. The molecule has 1 aromatic rings. The summed E-state index contributed by atoms with van der Waals surface area (Å²) in [6.45, 7) is 1.70. The molecule has 1 aromatic heterocycles. The molecule has 20 heavy (non-hydrogen) atoms. The van der Waals surface area contributed by atoms with Crippen LogP contribution in [0.15, 0.2) is 0 Å². The van der Waals surface area contributed by atoms with E-state index in [1.165, 1.54) is 11.8 Å². The van der Waals surface area contributed by atoms with Crippen LogP contribution in [0.5, 0.6) is 0 Å². The molecule has 0 radical (unpaired) electrons. The highest BCUT2D eigenvalue weighted by Gasteiger charge is 2.43. The van der Waals surface area contributed by atoms with Gasteiger partial charge in [-0.2, -0.15) is 5.10 Å². The minimum Gasteiger partial charge on any atom is -0.478 e. The number of aromatic carboxylic acids is 1. The molecule has 1 aliphatic rings. The van der Waals surface area contributed by atoms with Crippen molar-refractivity contribution < 1.29 is 23.1 Å².